The van der Waals surface area contributed by atoms with Crippen LogP contribution >= 0.6 is 11.6 Å². The van der Waals surface area contributed by atoms with Gasteiger partial charge in [0.2, 0.25) is 11.8 Å². The van der Waals surface area contributed by atoms with Gasteiger partial charge in [-0.1, -0.05) is 35.9 Å². The topological polar surface area (TPSA) is 83.6 Å². The molecule has 2 aliphatic heterocycles. The van der Waals surface area contributed by atoms with Crippen molar-refractivity contribution in [2.24, 2.45) is 0 Å². The highest BCUT2D eigenvalue weighted by molar-refractivity contribution is 6.30. The first-order valence-electron chi connectivity index (χ1n) is 9.93. The van der Waals surface area contributed by atoms with Crippen LogP contribution in [0.4, 0.5) is 0 Å². The molecule has 0 saturated carbocycles. The number of Topliss-reactive ketones (excluding diaryl/α,β-unsaturated/α-hetero) is 1. The third kappa shape index (κ3) is 4.28. The fourth-order valence-corrected chi connectivity index (χ4v) is 4.11. The molecule has 2 aromatic rings. The molecule has 30 heavy (non-hydrogen) atoms. The Morgan fingerprint density at radius 2 is 1.80 bits per heavy atom. The van der Waals surface area contributed by atoms with E-state index in [1.54, 1.807) is 18.2 Å². The fraction of sp³-hybridized carbons (Fsp3) is 0.304. The maximum Gasteiger partial charge on any atom is 0.255 e. The van der Waals surface area contributed by atoms with Crippen molar-refractivity contribution < 1.29 is 19.2 Å². The third-order valence-electron chi connectivity index (χ3n) is 5.60. The van der Waals surface area contributed by atoms with E-state index >= 15 is 0 Å². The zero-order valence-corrected chi connectivity index (χ0v) is 17.1. The van der Waals surface area contributed by atoms with Crippen molar-refractivity contribution in [1.82, 2.24) is 10.2 Å². The molecule has 7 heteroatoms. The van der Waals surface area contributed by atoms with Gasteiger partial charge < -0.3 is 4.90 Å². The summed E-state index contributed by atoms with van der Waals surface area (Å²) in [6.45, 7) is 0.340. The van der Waals surface area contributed by atoms with E-state index in [9.17, 15) is 19.2 Å². The Morgan fingerprint density at radius 1 is 1.07 bits per heavy atom. The van der Waals surface area contributed by atoms with Gasteiger partial charge in [0.15, 0.2) is 0 Å². The van der Waals surface area contributed by atoms with E-state index in [4.69, 9.17) is 11.6 Å². The summed E-state index contributed by atoms with van der Waals surface area (Å²) in [6, 6.07) is 12.2. The van der Waals surface area contributed by atoms with Gasteiger partial charge in [-0.2, -0.15) is 0 Å². The Labute approximate surface area is 179 Å². The quantitative estimate of drug-likeness (QED) is 0.723. The maximum atomic E-state index is 12.7. The molecule has 4 rings (SSSR count). The summed E-state index contributed by atoms with van der Waals surface area (Å²) in [7, 11) is 0. The first-order valence-corrected chi connectivity index (χ1v) is 10.3. The monoisotopic (exact) mass is 424 g/mol. The van der Waals surface area contributed by atoms with Crippen molar-refractivity contribution >= 4 is 35.1 Å². The fourth-order valence-electron chi connectivity index (χ4n) is 3.99. The Hall–Kier alpha value is -2.99. The van der Waals surface area contributed by atoms with Gasteiger partial charge in [0.1, 0.15) is 11.8 Å². The van der Waals surface area contributed by atoms with Gasteiger partial charge >= 0.3 is 0 Å². The molecular weight excluding hydrogens is 404 g/mol. The molecule has 0 radical (unpaired) electrons. The number of aryl methyl sites for hydroxylation is 1. The number of fused-ring (bicyclic) bond motifs is 1. The van der Waals surface area contributed by atoms with Crippen LogP contribution in [0.2, 0.25) is 5.02 Å². The van der Waals surface area contributed by atoms with Crippen molar-refractivity contribution in [3.8, 4) is 0 Å². The lowest BCUT2D eigenvalue weighted by Gasteiger charge is -2.29. The minimum atomic E-state index is -0.619. The number of halogens is 1. The van der Waals surface area contributed by atoms with Gasteiger partial charge in [0.25, 0.3) is 5.91 Å². The molecule has 2 aromatic carbocycles. The van der Waals surface area contributed by atoms with Crippen LogP contribution in [-0.4, -0.2) is 34.4 Å². The van der Waals surface area contributed by atoms with Crippen LogP contribution in [0, 0.1) is 0 Å². The second-order valence-corrected chi connectivity index (χ2v) is 8.17. The number of nitrogens with one attached hydrogen (secondary N) is 1. The summed E-state index contributed by atoms with van der Waals surface area (Å²) in [6.07, 6.45) is 1.94. The Morgan fingerprint density at radius 3 is 2.53 bits per heavy atom. The van der Waals surface area contributed by atoms with Crippen LogP contribution in [0.5, 0.6) is 0 Å². The van der Waals surface area contributed by atoms with Crippen molar-refractivity contribution in [1.29, 1.82) is 0 Å². The van der Waals surface area contributed by atoms with Crippen molar-refractivity contribution in [2.45, 2.75) is 44.7 Å². The molecule has 1 N–H and O–H groups in total. The number of amides is 3. The molecule has 154 valence electrons. The van der Waals surface area contributed by atoms with E-state index in [0.717, 1.165) is 16.7 Å². The third-order valence-corrected chi connectivity index (χ3v) is 5.85. The van der Waals surface area contributed by atoms with Crippen LogP contribution in [0.1, 0.15) is 46.3 Å². The first kappa shape index (κ1) is 20.3. The average Bonchev–Trinajstić information content (AvgIpc) is 3.04. The largest absolute Gasteiger partial charge is 0.322 e. The van der Waals surface area contributed by atoms with Crippen molar-refractivity contribution in [3.63, 3.8) is 0 Å². The van der Waals surface area contributed by atoms with Gasteiger partial charge in [-0.05, 0) is 47.7 Å². The predicted molar refractivity (Wildman–Crippen MR) is 111 cm³/mol. The standard InChI is InChI=1S/C23H21ClN2O4/c24-17-5-1-15(2-6-17)12-18(27)7-3-14-4-8-19-16(11-14)13-26(23(19)30)20-9-10-21(28)25-22(20)29/h1-2,4-6,8,11,20H,3,7,9-10,12-13H2,(H,25,28,29). The SMILES string of the molecule is O=C(CCc1ccc2c(c1)CN(C1CCC(=O)NC1=O)C2=O)Cc1ccc(Cl)cc1. The van der Waals surface area contributed by atoms with Gasteiger partial charge in [0, 0.05) is 36.4 Å². The van der Waals surface area contributed by atoms with E-state index in [2.05, 4.69) is 5.32 Å². The number of hydrogen-bond acceptors (Lipinski definition) is 4. The maximum absolute atomic E-state index is 12.7. The summed E-state index contributed by atoms with van der Waals surface area (Å²) in [5.41, 5.74) is 3.35. The molecule has 1 unspecified atom stereocenters. The van der Waals surface area contributed by atoms with Crippen LogP contribution in [0.25, 0.3) is 0 Å². The predicted octanol–water partition coefficient (Wildman–Crippen LogP) is 2.85. The van der Waals surface area contributed by atoms with Gasteiger partial charge in [-0.3, -0.25) is 24.5 Å². The highest BCUT2D eigenvalue weighted by atomic mass is 35.5. The number of piperidine rings is 1. The van der Waals surface area contributed by atoms with Crippen LogP contribution < -0.4 is 5.32 Å². The summed E-state index contributed by atoms with van der Waals surface area (Å²) in [4.78, 5) is 50.1. The Balaban J connectivity index is 1.38. The zero-order chi connectivity index (χ0) is 21.3. The highest BCUT2D eigenvalue weighted by Gasteiger charge is 2.39. The molecule has 0 spiro atoms. The number of carbonyl (C=O) groups excluding carboxylic acids is 4. The minimum Gasteiger partial charge on any atom is -0.322 e. The molecule has 3 amide bonds. The number of rotatable bonds is 6. The van der Waals surface area contributed by atoms with Crippen LogP contribution in [-0.2, 0) is 33.8 Å². The summed E-state index contributed by atoms with van der Waals surface area (Å²) < 4.78 is 0. The van der Waals surface area contributed by atoms with Crippen LogP contribution in [0.15, 0.2) is 42.5 Å². The average molecular weight is 425 g/mol. The second kappa shape index (κ2) is 8.40. The summed E-state index contributed by atoms with van der Waals surface area (Å²) in [5.74, 6) is -0.768. The smallest absolute Gasteiger partial charge is 0.255 e. The number of ketones is 1. The Kier molecular flexibility index (Phi) is 5.68. The molecule has 2 aliphatic rings. The lowest BCUT2D eigenvalue weighted by Crippen LogP contribution is -2.52. The molecule has 0 bridgehead atoms. The van der Waals surface area contributed by atoms with Gasteiger partial charge in [-0.25, -0.2) is 0 Å². The van der Waals surface area contributed by atoms with E-state index in [1.165, 1.54) is 4.90 Å². The summed E-state index contributed by atoms with van der Waals surface area (Å²) >= 11 is 5.87. The lowest BCUT2D eigenvalue weighted by molar-refractivity contribution is -0.137. The number of hydrogen-bond donors (Lipinski definition) is 1. The number of carbonyl (C=O) groups is 4. The number of imide groups is 1. The molecule has 2 heterocycles. The molecule has 1 fully saturated rings. The van der Waals surface area contributed by atoms with E-state index in [0.29, 0.717) is 42.8 Å². The van der Waals surface area contributed by atoms with E-state index in [1.807, 2.05) is 24.3 Å². The molecule has 0 aliphatic carbocycles. The van der Waals surface area contributed by atoms with E-state index < -0.39 is 11.9 Å². The highest BCUT2D eigenvalue weighted by Crippen LogP contribution is 2.28. The second-order valence-electron chi connectivity index (χ2n) is 7.73. The van der Waals surface area contributed by atoms with Gasteiger partial charge in [-0.15, -0.1) is 0 Å². The molecule has 1 saturated heterocycles. The molecule has 6 nitrogen and oxygen atoms in total. The summed E-state index contributed by atoms with van der Waals surface area (Å²) in [5, 5.41) is 2.95. The van der Waals surface area contributed by atoms with Crippen molar-refractivity contribution in [2.75, 3.05) is 0 Å². The number of nitrogens with zero attached hydrogens (tertiary/aromatic N) is 1. The normalized spacial score (nSPS) is 18.4. The minimum absolute atomic E-state index is 0.138. The lowest BCUT2D eigenvalue weighted by atomic mass is 10.00. The van der Waals surface area contributed by atoms with E-state index in [-0.39, 0.29) is 24.0 Å². The van der Waals surface area contributed by atoms with Crippen molar-refractivity contribution in [3.05, 3.63) is 69.7 Å². The molecule has 0 aromatic heterocycles. The number of benzene rings is 2. The van der Waals surface area contributed by atoms with Crippen LogP contribution in [0.3, 0.4) is 0 Å². The Bertz CT molecular complexity index is 1030. The molecular formula is C23H21ClN2O4. The zero-order valence-electron chi connectivity index (χ0n) is 16.3. The van der Waals surface area contributed by atoms with Gasteiger partial charge in [0.05, 0.1) is 0 Å². The first-order chi connectivity index (χ1) is 14.4. The molecule has 1 atom stereocenters.